The van der Waals surface area contributed by atoms with Gasteiger partial charge in [0.1, 0.15) is 17.3 Å². The maximum absolute atomic E-state index is 11.1. The van der Waals surface area contributed by atoms with Crippen LogP contribution in [0.5, 0.6) is 11.5 Å². The number of carbonyl (C=O) groups excluding carboxylic acids is 1. The van der Waals surface area contributed by atoms with Crippen molar-refractivity contribution in [1.82, 2.24) is 0 Å². The molecule has 0 radical (unpaired) electrons. The SMILES string of the molecule is C=CC(=C)Oc1ccc(-c2ccc(OC(=O)C=C)cc2)cc1. The average Bonchev–Trinajstić information content (AvgIpc) is 2.56. The van der Waals surface area contributed by atoms with Gasteiger partial charge >= 0.3 is 5.97 Å². The molecule has 3 nitrogen and oxygen atoms in total. The fourth-order valence-electron chi connectivity index (χ4n) is 1.78. The van der Waals surface area contributed by atoms with Crippen molar-refractivity contribution < 1.29 is 14.3 Å². The van der Waals surface area contributed by atoms with E-state index in [1.165, 1.54) is 0 Å². The summed E-state index contributed by atoms with van der Waals surface area (Å²) in [5.41, 5.74) is 2.03. The molecule has 110 valence electrons. The monoisotopic (exact) mass is 292 g/mol. The van der Waals surface area contributed by atoms with Crippen molar-refractivity contribution in [2.75, 3.05) is 0 Å². The van der Waals surface area contributed by atoms with Crippen LogP contribution in [0.25, 0.3) is 11.1 Å². The van der Waals surface area contributed by atoms with Gasteiger partial charge in [0, 0.05) is 6.08 Å². The Morgan fingerprint density at radius 2 is 1.23 bits per heavy atom. The summed E-state index contributed by atoms with van der Waals surface area (Å²) >= 11 is 0. The second-order valence-electron chi connectivity index (χ2n) is 4.45. The van der Waals surface area contributed by atoms with Gasteiger partial charge in [0.05, 0.1) is 0 Å². The van der Waals surface area contributed by atoms with Crippen molar-refractivity contribution in [3.8, 4) is 22.6 Å². The van der Waals surface area contributed by atoms with Crippen LogP contribution < -0.4 is 9.47 Å². The van der Waals surface area contributed by atoms with Crippen molar-refractivity contribution in [1.29, 1.82) is 0 Å². The molecular weight excluding hydrogens is 276 g/mol. The summed E-state index contributed by atoms with van der Waals surface area (Å²) in [5.74, 6) is 1.21. The summed E-state index contributed by atoms with van der Waals surface area (Å²) in [6.07, 6.45) is 2.68. The minimum atomic E-state index is -0.475. The lowest BCUT2D eigenvalue weighted by molar-refractivity contribution is -0.128. The van der Waals surface area contributed by atoms with Gasteiger partial charge in [0.25, 0.3) is 0 Å². The number of rotatable bonds is 6. The molecule has 0 bridgehead atoms. The van der Waals surface area contributed by atoms with Gasteiger partial charge in [-0.15, -0.1) is 0 Å². The molecule has 0 unspecified atom stereocenters. The van der Waals surface area contributed by atoms with Crippen LogP contribution in [0.3, 0.4) is 0 Å². The van der Waals surface area contributed by atoms with Crippen molar-refractivity contribution in [2.24, 2.45) is 0 Å². The van der Waals surface area contributed by atoms with Gasteiger partial charge in [-0.3, -0.25) is 0 Å². The Morgan fingerprint density at radius 1 is 0.773 bits per heavy atom. The number of esters is 1. The highest BCUT2D eigenvalue weighted by Gasteiger charge is 2.02. The Kier molecular flexibility index (Phi) is 4.94. The van der Waals surface area contributed by atoms with E-state index in [2.05, 4.69) is 19.7 Å². The first-order valence-corrected chi connectivity index (χ1v) is 6.66. The molecule has 2 aromatic carbocycles. The van der Waals surface area contributed by atoms with Gasteiger partial charge in [-0.05, 0) is 41.5 Å². The highest BCUT2D eigenvalue weighted by Crippen LogP contribution is 2.25. The molecule has 0 heterocycles. The summed E-state index contributed by atoms with van der Waals surface area (Å²) in [7, 11) is 0. The molecule has 0 aliphatic heterocycles. The molecule has 2 rings (SSSR count). The molecule has 22 heavy (non-hydrogen) atoms. The highest BCUT2D eigenvalue weighted by molar-refractivity contribution is 5.83. The smallest absolute Gasteiger partial charge is 0.335 e. The van der Waals surface area contributed by atoms with E-state index in [0.717, 1.165) is 17.2 Å². The minimum Gasteiger partial charge on any atom is -0.458 e. The van der Waals surface area contributed by atoms with Crippen LogP contribution in [0, 0.1) is 0 Å². The standard InChI is InChI=1S/C19H16O3/c1-4-14(3)21-17-10-6-15(7-11-17)16-8-12-18(13-9-16)22-19(20)5-2/h4-13H,1-3H2. The molecular formula is C19H16O3. The molecule has 0 amide bonds. The molecule has 0 fully saturated rings. The van der Waals surface area contributed by atoms with E-state index >= 15 is 0 Å². The molecule has 0 aliphatic rings. The van der Waals surface area contributed by atoms with Crippen LogP contribution in [0.1, 0.15) is 0 Å². The molecule has 0 saturated heterocycles. The molecule has 0 aliphatic carbocycles. The molecule has 0 saturated carbocycles. The van der Waals surface area contributed by atoms with Crippen LogP contribution in [0.15, 0.2) is 86.2 Å². The topological polar surface area (TPSA) is 35.5 Å². The normalized spacial score (nSPS) is 9.64. The van der Waals surface area contributed by atoms with Gasteiger partial charge in [-0.2, -0.15) is 0 Å². The Morgan fingerprint density at radius 3 is 1.64 bits per heavy atom. The number of hydrogen-bond donors (Lipinski definition) is 0. The predicted molar refractivity (Wildman–Crippen MR) is 87.7 cm³/mol. The first-order chi connectivity index (χ1) is 10.6. The van der Waals surface area contributed by atoms with Crippen molar-refractivity contribution in [2.45, 2.75) is 0 Å². The molecule has 2 aromatic rings. The van der Waals surface area contributed by atoms with Crippen molar-refractivity contribution in [3.05, 3.63) is 86.2 Å². The maximum Gasteiger partial charge on any atom is 0.335 e. The van der Waals surface area contributed by atoms with E-state index in [1.54, 1.807) is 18.2 Å². The Balaban J connectivity index is 2.11. The molecule has 0 N–H and O–H groups in total. The fourth-order valence-corrected chi connectivity index (χ4v) is 1.78. The number of ether oxygens (including phenoxy) is 2. The Labute approximate surface area is 129 Å². The largest absolute Gasteiger partial charge is 0.458 e. The van der Waals surface area contributed by atoms with Crippen molar-refractivity contribution in [3.63, 3.8) is 0 Å². The Bertz CT molecular complexity index is 631. The third-order valence-electron chi connectivity index (χ3n) is 2.90. The Hall–Kier alpha value is -3.07. The average molecular weight is 292 g/mol. The predicted octanol–water partition coefficient (Wildman–Crippen LogP) is 4.52. The first-order valence-electron chi connectivity index (χ1n) is 6.66. The van der Waals surface area contributed by atoms with Gasteiger partial charge in [-0.1, -0.05) is 44.0 Å². The van der Waals surface area contributed by atoms with Crippen LogP contribution in [0.2, 0.25) is 0 Å². The number of hydrogen-bond acceptors (Lipinski definition) is 3. The van der Waals surface area contributed by atoms with Crippen molar-refractivity contribution >= 4 is 5.97 Å². The summed E-state index contributed by atoms with van der Waals surface area (Å²) in [4.78, 5) is 11.1. The third-order valence-corrected chi connectivity index (χ3v) is 2.90. The van der Waals surface area contributed by atoms with Crippen LogP contribution in [-0.4, -0.2) is 5.97 Å². The lowest BCUT2D eigenvalue weighted by atomic mass is 10.1. The summed E-state index contributed by atoms with van der Waals surface area (Å²) in [6, 6.07) is 14.8. The van der Waals surface area contributed by atoms with Gasteiger partial charge < -0.3 is 9.47 Å². The van der Waals surface area contributed by atoms with Gasteiger partial charge in [0.15, 0.2) is 0 Å². The second-order valence-corrected chi connectivity index (χ2v) is 4.45. The second kappa shape index (κ2) is 7.09. The van der Waals surface area contributed by atoms with E-state index in [1.807, 2.05) is 36.4 Å². The zero-order chi connectivity index (χ0) is 15.9. The summed E-state index contributed by atoms with van der Waals surface area (Å²) in [5, 5.41) is 0. The van der Waals surface area contributed by atoms with E-state index in [9.17, 15) is 4.79 Å². The number of benzene rings is 2. The van der Waals surface area contributed by atoms with Crippen LogP contribution >= 0.6 is 0 Å². The number of allylic oxidation sites excluding steroid dienone is 1. The van der Waals surface area contributed by atoms with E-state index in [4.69, 9.17) is 9.47 Å². The van der Waals surface area contributed by atoms with E-state index < -0.39 is 5.97 Å². The fraction of sp³-hybridized carbons (Fsp3) is 0. The van der Waals surface area contributed by atoms with Gasteiger partial charge in [-0.25, -0.2) is 4.79 Å². The zero-order valence-corrected chi connectivity index (χ0v) is 12.1. The van der Waals surface area contributed by atoms with Gasteiger partial charge in [0.2, 0.25) is 0 Å². The summed E-state index contributed by atoms with van der Waals surface area (Å²) < 4.78 is 10.5. The molecule has 0 aromatic heterocycles. The lowest BCUT2D eigenvalue weighted by Crippen LogP contribution is -2.02. The zero-order valence-electron chi connectivity index (χ0n) is 12.1. The van der Waals surface area contributed by atoms with Crippen LogP contribution in [0.4, 0.5) is 0 Å². The maximum atomic E-state index is 11.1. The van der Waals surface area contributed by atoms with E-state index in [-0.39, 0.29) is 0 Å². The number of carbonyl (C=O) groups is 1. The third kappa shape index (κ3) is 3.96. The summed E-state index contributed by atoms with van der Waals surface area (Å²) in [6.45, 7) is 10.6. The molecule has 0 spiro atoms. The first kappa shape index (κ1) is 15.3. The lowest BCUT2D eigenvalue weighted by Gasteiger charge is -2.07. The highest BCUT2D eigenvalue weighted by atomic mass is 16.5. The molecule has 3 heteroatoms. The van der Waals surface area contributed by atoms with Crippen LogP contribution in [-0.2, 0) is 4.79 Å². The van der Waals surface area contributed by atoms with E-state index in [0.29, 0.717) is 17.3 Å². The molecule has 0 atom stereocenters. The minimum absolute atomic E-state index is 0.475. The quantitative estimate of drug-likeness (QED) is 0.258.